The van der Waals surface area contributed by atoms with Crippen LogP contribution in [-0.2, 0) is 4.79 Å². The molecule has 0 bridgehead atoms. The lowest BCUT2D eigenvalue weighted by Crippen LogP contribution is -2.20. The van der Waals surface area contributed by atoms with E-state index < -0.39 is 0 Å². The Balaban J connectivity index is 2.39. The lowest BCUT2D eigenvalue weighted by atomic mass is 10.3. The van der Waals surface area contributed by atoms with Gasteiger partial charge in [0.1, 0.15) is 0 Å². The van der Waals surface area contributed by atoms with Crippen molar-refractivity contribution in [3.63, 3.8) is 0 Å². The van der Waals surface area contributed by atoms with Gasteiger partial charge in [-0.25, -0.2) is 0 Å². The Morgan fingerprint density at radius 1 is 1.62 bits per heavy atom. The summed E-state index contributed by atoms with van der Waals surface area (Å²) >= 11 is 1.67. The largest absolute Gasteiger partial charge is 0.349 e. The van der Waals surface area contributed by atoms with Crippen LogP contribution in [0.15, 0.2) is 23.6 Å². The molecule has 70 valence electrons. The first-order valence-electron chi connectivity index (χ1n) is 4.10. The first-order valence-corrected chi connectivity index (χ1v) is 4.98. The van der Waals surface area contributed by atoms with Crippen molar-refractivity contribution in [2.45, 2.75) is 6.42 Å². The molecule has 0 saturated carbocycles. The molecule has 0 aliphatic carbocycles. The van der Waals surface area contributed by atoms with Gasteiger partial charge in [-0.2, -0.15) is 0 Å². The molecule has 1 aromatic heterocycles. The van der Waals surface area contributed by atoms with E-state index in [1.54, 1.807) is 30.3 Å². The minimum absolute atomic E-state index is 0.132. The second-order valence-electron chi connectivity index (χ2n) is 2.91. The first-order chi connectivity index (χ1) is 6.20. The van der Waals surface area contributed by atoms with Crippen molar-refractivity contribution in [2.24, 2.45) is 0 Å². The molecule has 0 aliphatic rings. The zero-order valence-corrected chi connectivity index (χ0v) is 8.67. The molecule has 1 heterocycles. The van der Waals surface area contributed by atoms with Gasteiger partial charge in [-0.1, -0.05) is 12.1 Å². The summed E-state index contributed by atoms with van der Waals surface area (Å²) in [6, 6.07) is 4.03. The Labute approximate surface area is 82.5 Å². The maximum atomic E-state index is 11.1. The first kappa shape index (κ1) is 9.99. The number of carbonyl (C=O) groups is 1. The molecular formula is C10H13NOS. The van der Waals surface area contributed by atoms with Crippen molar-refractivity contribution in [1.29, 1.82) is 0 Å². The lowest BCUT2D eigenvalue weighted by molar-refractivity contribution is -0.127. The number of hydrogen-bond acceptors (Lipinski definition) is 2. The van der Waals surface area contributed by atoms with Crippen LogP contribution < -0.4 is 0 Å². The van der Waals surface area contributed by atoms with E-state index in [2.05, 4.69) is 0 Å². The fourth-order valence-corrected chi connectivity index (χ4v) is 1.49. The Bertz CT molecular complexity index is 288. The van der Waals surface area contributed by atoms with E-state index in [4.69, 9.17) is 0 Å². The second-order valence-corrected chi connectivity index (χ2v) is 3.89. The van der Waals surface area contributed by atoms with Gasteiger partial charge in [0.25, 0.3) is 0 Å². The van der Waals surface area contributed by atoms with E-state index in [1.807, 2.05) is 29.7 Å². The average molecular weight is 195 g/mol. The van der Waals surface area contributed by atoms with E-state index in [0.717, 1.165) is 0 Å². The maximum absolute atomic E-state index is 11.1. The molecule has 1 amide bonds. The zero-order valence-electron chi connectivity index (χ0n) is 7.86. The molecule has 0 saturated heterocycles. The van der Waals surface area contributed by atoms with Gasteiger partial charge in [-0.15, -0.1) is 11.3 Å². The van der Waals surface area contributed by atoms with E-state index in [-0.39, 0.29) is 5.91 Å². The Morgan fingerprint density at radius 3 is 2.92 bits per heavy atom. The van der Waals surface area contributed by atoms with Gasteiger partial charge in [0.15, 0.2) is 0 Å². The van der Waals surface area contributed by atoms with Crippen molar-refractivity contribution in [1.82, 2.24) is 4.90 Å². The molecule has 1 aromatic rings. The summed E-state index contributed by atoms with van der Waals surface area (Å²) in [5, 5.41) is 2.02. The highest BCUT2D eigenvalue weighted by atomic mass is 32.1. The normalized spacial score (nSPS) is 10.6. The van der Waals surface area contributed by atoms with Crippen LogP contribution in [0.1, 0.15) is 11.3 Å². The van der Waals surface area contributed by atoms with Crippen molar-refractivity contribution >= 4 is 23.3 Å². The van der Waals surface area contributed by atoms with Crippen LogP contribution in [0.3, 0.4) is 0 Å². The number of nitrogens with zero attached hydrogens (tertiary/aromatic N) is 1. The third-order valence-corrected chi connectivity index (χ3v) is 2.45. The molecule has 0 spiro atoms. The molecule has 1 rings (SSSR count). The van der Waals surface area contributed by atoms with Crippen LogP contribution >= 0.6 is 11.3 Å². The van der Waals surface area contributed by atoms with Gasteiger partial charge < -0.3 is 4.90 Å². The van der Waals surface area contributed by atoms with Crippen molar-refractivity contribution in [3.8, 4) is 0 Å². The third-order valence-electron chi connectivity index (χ3n) is 1.62. The van der Waals surface area contributed by atoms with Crippen molar-refractivity contribution in [3.05, 3.63) is 28.5 Å². The van der Waals surface area contributed by atoms with Gasteiger partial charge >= 0.3 is 0 Å². The summed E-state index contributed by atoms with van der Waals surface area (Å²) in [6.07, 6.45) is 4.35. The summed E-state index contributed by atoms with van der Waals surface area (Å²) < 4.78 is 0. The molecule has 0 N–H and O–H groups in total. The van der Waals surface area contributed by atoms with Gasteiger partial charge in [-0.05, 0) is 17.5 Å². The fraction of sp³-hybridized carbons (Fsp3) is 0.300. The molecule has 0 aromatic carbocycles. The quantitative estimate of drug-likeness (QED) is 0.724. The highest BCUT2D eigenvalue weighted by molar-refractivity contribution is 7.10. The van der Waals surface area contributed by atoms with Crippen LogP contribution in [0.4, 0.5) is 0 Å². The SMILES string of the molecule is CN(C)C(=O)C/C=C/c1cccs1. The van der Waals surface area contributed by atoms with E-state index in [9.17, 15) is 4.79 Å². The molecule has 13 heavy (non-hydrogen) atoms. The van der Waals surface area contributed by atoms with E-state index >= 15 is 0 Å². The molecule has 0 unspecified atom stereocenters. The topological polar surface area (TPSA) is 20.3 Å². The van der Waals surface area contributed by atoms with E-state index in [1.165, 1.54) is 4.88 Å². The summed E-state index contributed by atoms with van der Waals surface area (Å²) in [5.74, 6) is 0.132. The number of amides is 1. The monoisotopic (exact) mass is 195 g/mol. The van der Waals surface area contributed by atoms with Crippen LogP contribution in [0, 0.1) is 0 Å². The number of thiophene rings is 1. The summed E-state index contributed by atoms with van der Waals surface area (Å²) in [7, 11) is 3.53. The predicted octanol–water partition coefficient (Wildman–Crippen LogP) is 2.24. The van der Waals surface area contributed by atoms with Crippen molar-refractivity contribution < 1.29 is 4.79 Å². The van der Waals surface area contributed by atoms with Gasteiger partial charge in [0.05, 0.1) is 0 Å². The smallest absolute Gasteiger partial charge is 0.225 e. The number of rotatable bonds is 3. The zero-order chi connectivity index (χ0) is 9.68. The van der Waals surface area contributed by atoms with Gasteiger partial charge in [0.2, 0.25) is 5.91 Å². The Morgan fingerprint density at radius 2 is 2.38 bits per heavy atom. The molecular weight excluding hydrogens is 182 g/mol. The van der Waals surface area contributed by atoms with Crippen LogP contribution in [0.5, 0.6) is 0 Å². The molecule has 2 nitrogen and oxygen atoms in total. The molecule has 0 atom stereocenters. The van der Waals surface area contributed by atoms with Crippen LogP contribution in [-0.4, -0.2) is 24.9 Å². The van der Waals surface area contributed by atoms with Gasteiger partial charge in [-0.3, -0.25) is 4.79 Å². The number of carbonyl (C=O) groups excluding carboxylic acids is 1. The lowest BCUT2D eigenvalue weighted by Gasteiger charge is -2.06. The summed E-state index contributed by atoms with van der Waals surface area (Å²) in [5.41, 5.74) is 0. The second kappa shape index (κ2) is 4.82. The minimum Gasteiger partial charge on any atom is -0.349 e. The molecule has 0 radical (unpaired) electrons. The molecule has 0 aliphatic heterocycles. The number of hydrogen-bond donors (Lipinski definition) is 0. The van der Waals surface area contributed by atoms with E-state index in [0.29, 0.717) is 6.42 Å². The average Bonchev–Trinajstić information content (AvgIpc) is 2.56. The predicted molar refractivity (Wildman–Crippen MR) is 56.7 cm³/mol. The van der Waals surface area contributed by atoms with Crippen LogP contribution in [0.2, 0.25) is 0 Å². The maximum Gasteiger partial charge on any atom is 0.225 e. The Kier molecular flexibility index (Phi) is 3.71. The standard InChI is InChI=1S/C10H13NOS/c1-11(2)10(12)7-3-5-9-6-4-8-13-9/h3-6,8H,7H2,1-2H3/b5-3+. The van der Waals surface area contributed by atoms with Crippen molar-refractivity contribution in [2.75, 3.05) is 14.1 Å². The van der Waals surface area contributed by atoms with Gasteiger partial charge in [0, 0.05) is 25.4 Å². The fourth-order valence-electron chi connectivity index (χ4n) is 0.845. The Hall–Kier alpha value is -1.09. The molecule has 0 fully saturated rings. The summed E-state index contributed by atoms with van der Waals surface area (Å²) in [4.78, 5) is 13.9. The minimum atomic E-state index is 0.132. The third kappa shape index (κ3) is 3.42. The molecule has 3 heteroatoms. The highest BCUT2D eigenvalue weighted by Gasteiger charge is 1.98. The van der Waals surface area contributed by atoms with Crippen LogP contribution in [0.25, 0.3) is 6.08 Å². The summed E-state index contributed by atoms with van der Waals surface area (Å²) in [6.45, 7) is 0. The highest BCUT2D eigenvalue weighted by Crippen LogP contribution is 2.10.